The minimum atomic E-state index is -0.528. The van der Waals surface area contributed by atoms with E-state index in [1.54, 1.807) is 0 Å². The van der Waals surface area contributed by atoms with Gasteiger partial charge in [0.05, 0.1) is 6.10 Å². The van der Waals surface area contributed by atoms with Crippen molar-refractivity contribution in [2.75, 3.05) is 0 Å². The minimum Gasteiger partial charge on any atom is -0.462 e. The van der Waals surface area contributed by atoms with Crippen LogP contribution in [0.4, 0.5) is 0 Å². The van der Waals surface area contributed by atoms with Crippen molar-refractivity contribution in [1.29, 1.82) is 0 Å². The Morgan fingerprint density at radius 1 is 1.24 bits per heavy atom. The van der Waals surface area contributed by atoms with E-state index in [0.717, 1.165) is 19.3 Å². The Bertz CT molecular complexity index is 638. The Balaban J connectivity index is 1.76. The predicted molar refractivity (Wildman–Crippen MR) is 93.7 cm³/mol. The van der Waals surface area contributed by atoms with Crippen LogP contribution in [0.3, 0.4) is 0 Å². The van der Waals surface area contributed by atoms with Crippen LogP contribution in [0, 0.1) is 28.6 Å². The molecule has 0 bridgehead atoms. The van der Waals surface area contributed by atoms with Crippen LogP contribution in [0.15, 0.2) is 11.6 Å². The molecule has 1 N–H and O–H groups in total. The van der Waals surface area contributed by atoms with Crippen LogP contribution >= 0.6 is 0 Å². The summed E-state index contributed by atoms with van der Waals surface area (Å²) in [6, 6.07) is 0. The summed E-state index contributed by atoms with van der Waals surface area (Å²) in [5.41, 5.74) is 1.10. The zero-order valence-electron chi connectivity index (χ0n) is 15.6. The van der Waals surface area contributed by atoms with Crippen molar-refractivity contribution in [1.82, 2.24) is 0 Å². The summed E-state index contributed by atoms with van der Waals surface area (Å²) in [6.45, 7) is 5.81. The van der Waals surface area contributed by atoms with Crippen LogP contribution < -0.4 is 0 Å². The molecule has 0 unspecified atom stereocenters. The second kappa shape index (κ2) is 5.67. The van der Waals surface area contributed by atoms with Gasteiger partial charge in [-0.25, -0.2) is 0 Å². The summed E-state index contributed by atoms with van der Waals surface area (Å²) in [4.78, 5) is 24.4. The lowest BCUT2D eigenvalue weighted by Crippen LogP contribution is -2.56. The maximum Gasteiger partial charge on any atom is 0.302 e. The van der Waals surface area contributed by atoms with E-state index in [-0.39, 0.29) is 35.1 Å². The average Bonchev–Trinajstić information content (AvgIpc) is 2.78. The summed E-state index contributed by atoms with van der Waals surface area (Å²) in [5, 5.41) is 11.0. The van der Waals surface area contributed by atoms with E-state index in [4.69, 9.17) is 4.74 Å². The van der Waals surface area contributed by atoms with Crippen LogP contribution in [0.5, 0.6) is 0 Å². The van der Waals surface area contributed by atoms with Crippen LogP contribution in [-0.2, 0) is 14.3 Å². The van der Waals surface area contributed by atoms with Crippen LogP contribution in [-0.4, -0.2) is 29.1 Å². The number of allylic oxidation sites excluding steroid dienone is 1. The highest BCUT2D eigenvalue weighted by Crippen LogP contribution is 2.64. The molecule has 4 heteroatoms. The molecule has 4 aliphatic carbocycles. The summed E-state index contributed by atoms with van der Waals surface area (Å²) < 4.78 is 5.59. The van der Waals surface area contributed by atoms with Crippen molar-refractivity contribution >= 4 is 11.8 Å². The van der Waals surface area contributed by atoms with Gasteiger partial charge in [-0.2, -0.15) is 0 Å². The van der Waals surface area contributed by atoms with E-state index in [0.29, 0.717) is 12.3 Å². The van der Waals surface area contributed by atoms with Gasteiger partial charge < -0.3 is 9.84 Å². The number of hydrogen-bond acceptors (Lipinski definition) is 4. The molecule has 0 amide bonds. The summed E-state index contributed by atoms with van der Waals surface area (Å²) in [5.74, 6) is 0.216. The first-order valence-electron chi connectivity index (χ1n) is 9.87. The fourth-order valence-corrected chi connectivity index (χ4v) is 6.81. The number of aliphatic hydroxyl groups is 1. The fraction of sp³-hybridized carbons (Fsp3) is 0.810. The normalized spacial score (nSPS) is 48.9. The standard InChI is InChI=1S/C21H30O4/c1-12(22)25-16-11-17(24)21(3)9-7-14-18(19(16)21)15(23)10-13-6-4-5-8-20(13,14)2/h10,14-16,18-19,23H,4-9,11H2,1-3H3/t14-,15+,16-,18-,19-,20-,21+/m0/s1. The number of ketones is 1. The first-order chi connectivity index (χ1) is 11.8. The number of ether oxygens (including phenoxy) is 1. The molecule has 0 heterocycles. The minimum absolute atomic E-state index is 0.0152. The summed E-state index contributed by atoms with van der Waals surface area (Å²) in [6.07, 6.45) is 8.03. The van der Waals surface area contributed by atoms with Crippen molar-refractivity contribution in [2.24, 2.45) is 28.6 Å². The number of fused-ring (bicyclic) bond motifs is 5. The van der Waals surface area contributed by atoms with Gasteiger partial charge in [0.1, 0.15) is 11.9 Å². The summed E-state index contributed by atoms with van der Waals surface area (Å²) in [7, 11) is 0. The van der Waals surface area contributed by atoms with Gasteiger partial charge in [0.25, 0.3) is 0 Å². The van der Waals surface area contributed by atoms with E-state index in [9.17, 15) is 14.7 Å². The number of carbonyl (C=O) groups is 2. The Morgan fingerprint density at radius 3 is 2.72 bits per heavy atom. The second-order valence-electron chi connectivity index (χ2n) is 9.25. The zero-order chi connectivity index (χ0) is 18.0. The molecule has 0 aromatic heterocycles. The van der Waals surface area contributed by atoms with Gasteiger partial charge in [-0.05, 0) is 49.4 Å². The molecule has 4 nitrogen and oxygen atoms in total. The smallest absolute Gasteiger partial charge is 0.302 e. The lowest BCUT2D eigenvalue weighted by molar-refractivity contribution is -0.159. The van der Waals surface area contributed by atoms with E-state index in [1.807, 2.05) is 6.92 Å². The molecule has 0 radical (unpaired) electrons. The SMILES string of the molecule is CC(=O)O[C@H]1CC(=O)[C@@]2(C)CC[C@H]3[C@H]([C@H]12)[C@H](O)C=C1CCCC[C@@]13C. The molecule has 0 aromatic carbocycles. The zero-order valence-corrected chi connectivity index (χ0v) is 15.6. The van der Waals surface area contributed by atoms with Crippen molar-refractivity contribution in [3.8, 4) is 0 Å². The number of rotatable bonds is 1. The highest BCUT2D eigenvalue weighted by Gasteiger charge is 2.64. The molecule has 3 fully saturated rings. The topological polar surface area (TPSA) is 63.6 Å². The van der Waals surface area contributed by atoms with Crippen LogP contribution in [0.25, 0.3) is 0 Å². The predicted octanol–water partition coefficient (Wildman–Crippen LogP) is 3.42. The second-order valence-corrected chi connectivity index (χ2v) is 9.25. The lowest BCUT2D eigenvalue weighted by atomic mass is 9.47. The van der Waals surface area contributed by atoms with E-state index >= 15 is 0 Å². The first kappa shape index (κ1) is 17.3. The number of carbonyl (C=O) groups excluding carboxylic acids is 2. The maximum atomic E-state index is 12.8. The molecule has 7 atom stereocenters. The van der Waals surface area contributed by atoms with Crippen molar-refractivity contribution in [2.45, 2.75) is 77.9 Å². The van der Waals surface area contributed by atoms with Gasteiger partial charge in [0.2, 0.25) is 0 Å². The Morgan fingerprint density at radius 2 is 2.00 bits per heavy atom. The van der Waals surface area contributed by atoms with Crippen molar-refractivity contribution in [3.63, 3.8) is 0 Å². The van der Waals surface area contributed by atoms with Gasteiger partial charge in [-0.3, -0.25) is 9.59 Å². The van der Waals surface area contributed by atoms with Gasteiger partial charge in [-0.1, -0.05) is 31.9 Å². The first-order valence-corrected chi connectivity index (χ1v) is 9.87. The number of esters is 1. The molecule has 4 rings (SSSR count). The molecular weight excluding hydrogens is 316 g/mol. The Hall–Kier alpha value is -1.16. The third-order valence-electron chi connectivity index (χ3n) is 8.04. The number of aliphatic hydroxyl groups excluding tert-OH is 1. The molecule has 25 heavy (non-hydrogen) atoms. The monoisotopic (exact) mass is 346 g/mol. The van der Waals surface area contributed by atoms with Gasteiger partial charge >= 0.3 is 5.97 Å². The maximum absolute atomic E-state index is 12.8. The molecule has 138 valence electrons. The fourth-order valence-electron chi connectivity index (χ4n) is 6.81. The molecular formula is C21H30O4. The molecule has 0 saturated heterocycles. The van der Waals surface area contributed by atoms with Crippen molar-refractivity contribution < 1.29 is 19.4 Å². The average molecular weight is 346 g/mol. The largest absolute Gasteiger partial charge is 0.462 e. The molecule has 4 aliphatic rings. The van der Waals surface area contributed by atoms with E-state index < -0.39 is 11.5 Å². The molecule has 3 saturated carbocycles. The Labute approximate surface area is 150 Å². The quantitative estimate of drug-likeness (QED) is 0.584. The number of hydrogen-bond donors (Lipinski definition) is 1. The third kappa shape index (κ3) is 2.36. The molecule has 0 aromatic rings. The Kier molecular flexibility index (Phi) is 3.91. The molecule has 0 aliphatic heterocycles. The number of Topliss-reactive ketones (excluding diaryl/α,β-unsaturated/α-hetero) is 1. The van der Waals surface area contributed by atoms with E-state index in [2.05, 4.69) is 13.0 Å². The lowest BCUT2D eigenvalue weighted by Gasteiger charge is -2.58. The van der Waals surface area contributed by atoms with Crippen molar-refractivity contribution in [3.05, 3.63) is 11.6 Å². The van der Waals surface area contributed by atoms with Gasteiger partial charge in [-0.15, -0.1) is 0 Å². The van der Waals surface area contributed by atoms with Gasteiger partial charge in [0, 0.05) is 24.7 Å². The highest BCUT2D eigenvalue weighted by molar-refractivity contribution is 5.88. The van der Waals surface area contributed by atoms with Gasteiger partial charge in [0.15, 0.2) is 0 Å². The van der Waals surface area contributed by atoms with E-state index in [1.165, 1.54) is 31.8 Å². The summed E-state index contributed by atoms with van der Waals surface area (Å²) >= 11 is 0. The van der Waals surface area contributed by atoms with Crippen LogP contribution in [0.2, 0.25) is 0 Å². The molecule has 0 spiro atoms. The highest BCUT2D eigenvalue weighted by atomic mass is 16.5. The third-order valence-corrected chi connectivity index (χ3v) is 8.04. The van der Waals surface area contributed by atoms with Crippen LogP contribution in [0.1, 0.15) is 65.7 Å².